The van der Waals surface area contributed by atoms with Crippen LogP contribution in [0.4, 0.5) is 11.4 Å². The number of anilines is 1. The first-order valence-electron chi connectivity index (χ1n) is 8.08. The number of nitrogens with one attached hydrogen (secondary N) is 1. The first kappa shape index (κ1) is 13.0. The molecule has 118 valence electrons. The molecule has 1 saturated heterocycles. The van der Waals surface area contributed by atoms with Gasteiger partial charge in [0.1, 0.15) is 16.4 Å². The monoisotopic (exact) mass is 335 g/mol. The van der Waals surface area contributed by atoms with E-state index in [1.807, 2.05) is 12.3 Å². The van der Waals surface area contributed by atoms with Crippen LogP contribution in [0.15, 0.2) is 33.1 Å². The maximum atomic E-state index is 11.9. The number of aromatic hydroxyl groups is 1. The highest BCUT2D eigenvalue weighted by Crippen LogP contribution is 2.57. The molecule has 5 aliphatic rings. The van der Waals surface area contributed by atoms with Gasteiger partial charge < -0.3 is 10.4 Å². The first-order valence-corrected chi connectivity index (χ1v) is 8.96. The Morgan fingerprint density at radius 1 is 1.42 bits per heavy atom. The lowest BCUT2D eigenvalue weighted by atomic mass is 9.71. The highest BCUT2D eigenvalue weighted by Gasteiger charge is 2.51. The summed E-state index contributed by atoms with van der Waals surface area (Å²) < 4.78 is 0. The topological polar surface area (TPSA) is 74.0 Å². The predicted octanol–water partition coefficient (Wildman–Crippen LogP) is 1.43. The number of phenolic OH excluding ortho intramolecular Hbond substituents is 1. The minimum Gasteiger partial charge on any atom is -0.504 e. The smallest absolute Gasteiger partial charge is 0.179 e. The third-order valence-electron chi connectivity index (χ3n) is 5.51. The van der Waals surface area contributed by atoms with Gasteiger partial charge in [-0.25, -0.2) is 0 Å². The number of hydrogen-bond donors (Lipinski definition) is 2. The van der Waals surface area contributed by atoms with E-state index in [1.54, 1.807) is 23.9 Å². The summed E-state index contributed by atoms with van der Waals surface area (Å²) in [5.74, 6) is 0.203. The van der Waals surface area contributed by atoms with E-state index in [1.165, 1.54) is 5.57 Å². The van der Waals surface area contributed by atoms with Crippen molar-refractivity contribution in [2.45, 2.75) is 23.6 Å². The molecule has 1 spiro atoms. The van der Waals surface area contributed by atoms with E-state index >= 15 is 0 Å². The van der Waals surface area contributed by atoms with Crippen LogP contribution in [-0.2, 0) is 10.2 Å². The second-order valence-electron chi connectivity index (χ2n) is 6.75. The zero-order chi connectivity index (χ0) is 16.1. The molecule has 0 radical (unpaired) electrons. The quantitative estimate of drug-likeness (QED) is 0.704. The number of aliphatic imine (C=N–C) groups is 1. The van der Waals surface area contributed by atoms with Crippen LogP contribution in [0.5, 0.6) is 5.75 Å². The minimum absolute atomic E-state index is 0.0276. The molecule has 5 nitrogen and oxygen atoms in total. The van der Waals surface area contributed by atoms with E-state index in [0.717, 1.165) is 40.8 Å². The van der Waals surface area contributed by atoms with Gasteiger partial charge in [0, 0.05) is 28.4 Å². The molecule has 0 aromatic heterocycles. The van der Waals surface area contributed by atoms with Gasteiger partial charge >= 0.3 is 0 Å². The number of thioether (sulfide) groups is 1. The Labute approximate surface area is 141 Å². The number of carbonyl (C=O) groups is 1. The van der Waals surface area contributed by atoms with E-state index in [0.29, 0.717) is 11.0 Å². The molecule has 2 atom stereocenters. The van der Waals surface area contributed by atoms with Crippen molar-refractivity contribution in [3.63, 3.8) is 0 Å². The van der Waals surface area contributed by atoms with Gasteiger partial charge in [-0.2, -0.15) is 0 Å². The number of allylic oxidation sites excluding steroid dienone is 4. The van der Waals surface area contributed by atoms with Crippen molar-refractivity contribution < 1.29 is 9.90 Å². The number of carbonyl (C=O) groups excluding carboxylic acids is 1. The molecule has 0 unspecified atom stereocenters. The van der Waals surface area contributed by atoms with Crippen molar-refractivity contribution in [1.82, 2.24) is 0 Å². The average molecular weight is 335 g/mol. The van der Waals surface area contributed by atoms with Crippen molar-refractivity contribution in [2.24, 2.45) is 9.98 Å². The van der Waals surface area contributed by atoms with Crippen LogP contribution < -0.4 is 15.9 Å². The number of benzene rings is 1. The molecule has 1 aromatic rings. The van der Waals surface area contributed by atoms with E-state index in [9.17, 15) is 9.90 Å². The third-order valence-corrected chi connectivity index (χ3v) is 6.79. The first-order chi connectivity index (χ1) is 11.7. The molecular weight excluding hydrogens is 322 g/mol. The summed E-state index contributed by atoms with van der Waals surface area (Å²) in [5.41, 5.74) is 3.50. The SMILES string of the molecule is O=C1C=C[C@]23C[C@H](N=c4c(O)c5c6c(c42)NCCC=6C=N5)SC3=C1. The van der Waals surface area contributed by atoms with Crippen molar-refractivity contribution in [2.75, 3.05) is 11.9 Å². The molecule has 2 N–H and O–H groups in total. The largest absolute Gasteiger partial charge is 0.504 e. The second kappa shape index (κ2) is 4.00. The molecule has 0 saturated carbocycles. The summed E-state index contributed by atoms with van der Waals surface area (Å²) in [6, 6.07) is 0. The molecule has 0 amide bonds. The molecule has 1 aliphatic carbocycles. The van der Waals surface area contributed by atoms with E-state index in [-0.39, 0.29) is 22.3 Å². The van der Waals surface area contributed by atoms with Gasteiger partial charge in [0.2, 0.25) is 0 Å². The fourth-order valence-electron chi connectivity index (χ4n) is 4.51. The third kappa shape index (κ3) is 1.33. The van der Waals surface area contributed by atoms with E-state index < -0.39 is 0 Å². The summed E-state index contributed by atoms with van der Waals surface area (Å²) >= 11 is 1.64. The van der Waals surface area contributed by atoms with Crippen LogP contribution in [0.2, 0.25) is 0 Å². The summed E-state index contributed by atoms with van der Waals surface area (Å²) in [4.78, 5) is 22.2. The number of fused-ring (bicyclic) bond motifs is 3. The highest BCUT2D eigenvalue weighted by molar-refractivity contribution is 8.04. The van der Waals surface area contributed by atoms with Gasteiger partial charge in [-0.3, -0.25) is 14.8 Å². The van der Waals surface area contributed by atoms with Crippen molar-refractivity contribution in [3.05, 3.63) is 39.3 Å². The molecular formula is C18H13N3O2S. The second-order valence-corrected chi connectivity index (χ2v) is 7.97. The maximum absolute atomic E-state index is 11.9. The fourth-order valence-corrected chi connectivity index (χ4v) is 5.96. The number of rotatable bonds is 0. The molecule has 2 bridgehead atoms. The Morgan fingerprint density at radius 2 is 2.33 bits per heavy atom. The van der Waals surface area contributed by atoms with Gasteiger partial charge in [-0.05, 0) is 30.6 Å². The van der Waals surface area contributed by atoms with Crippen molar-refractivity contribution in [1.29, 1.82) is 0 Å². The zero-order valence-electron chi connectivity index (χ0n) is 12.7. The molecule has 4 aliphatic heterocycles. The average Bonchev–Trinajstić information content (AvgIpc) is 3.12. The summed E-state index contributed by atoms with van der Waals surface area (Å²) in [6.45, 7) is 0.847. The maximum Gasteiger partial charge on any atom is 0.179 e. The van der Waals surface area contributed by atoms with Crippen LogP contribution in [0, 0.1) is 0 Å². The van der Waals surface area contributed by atoms with Crippen molar-refractivity contribution >= 4 is 40.7 Å². The Kier molecular flexibility index (Phi) is 2.17. The van der Waals surface area contributed by atoms with Gasteiger partial charge in [-0.15, -0.1) is 11.8 Å². The number of ketones is 1. The zero-order valence-corrected chi connectivity index (χ0v) is 13.5. The van der Waals surface area contributed by atoms with Crippen LogP contribution in [0.25, 0.3) is 5.57 Å². The van der Waals surface area contributed by atoms with Gasteiger partial charge in [-0.1, -0.05) is 6.08 Å². The number of nitrogens with zero attached hydrogens (tertiary/aromatic N) is 2. The Bertz CT molecular complexity index is 1080. The van der Waals surface area contributed by atoms with Crippen LogP contribution in [-0.4, -0.2) is 29.0 Å². The molecule has 24 heavy (non-hydrogen) atoms. The van der Waals surface area contributed by atoms with Crippen LogP contribution in [0.1, 0.15) is 18.4 Å². The standard InChI is InChI=1S/C18H13N3O2S/c22-9-1-3-18-6-11(24-10(18)5-9)21-16-13(18)14-12-8(2-4-19-14)7-20-15(12)17(16)23/h1,3,5,7,11,19,23H,2,4,6H2/t11-,18-/m1/s1. The Hall–Kier alpha value is -2.34. The predicted molar refractivity (Wildman–Crippen MR) is 93.5 cm³/mol. The van der Waals surface area contributed by atoms with Gasteiger partial charge in [0.05, 0.1) is 11.1 Å². The summed E-state index contributed by atoms with van der Waals surface area (Å²) in [6.07, 6.45) is 9.00. The van der Waals surface area contributed by atoms with Crippen LogP contribution >= 0.6 is 11.8 Å². The minimum atomic E-state index is -0.347. The summed E-state index contributed by atoms with van der Waals surface area (Å²) in [5, 5.41) is 16.1. The van der Waals surface area contributed by atoms with Crippen molar-refractivity contribution in [3.8, 4) is 5.75 Å². The Balaban J connectivity index is 1.82. The summed E-state index contributed by atoms with van der Waals surface area (Å²) in [7, 11) is 0. The fraction of sp³-hybridized carbons (Fsp3) is 0.278. The Morgan fingerprint density at radius 3 is 3.25 bits per heavy atom. The molecule has 1 fully saturated rings. The van der Waals surface area contributed by atoms with Crippen LogP contribution in [0.3, 0.4) is 0 Å². The lowest BCUT2D eigenvalue weighted by Gasteiger charge is -2.34. The normalized spacial score (nSPS) is 30.3. The lowest BCUT2D eigenvalue weighted by Crippen LogP contribution is -2.39. The van der Waals surface area contributed by atoms with Gasteiger partial charge in [0.15, 0.2) is 11.5 Å². The molecule has 4 heterocycles. The van der Waals surface area contributed by atoms with E-state index in [2.05, 4.69) is 10.3 Å². The molecule has 6 rings (SSSR count). The highest BCUT2D eigenvalue weighted by atomic mass is 32.2. The molecule has 1 aromatic carbocycles. The number of hydrogen-bond acceptors (Lipinski definition) is 6. The van der Waals surface area contributed by atoms with E-state index in [4.69, 9.17) is 4.99 Å². The lowest BCUT2D eigenvalue weighted by molar-refractivity contribution is -0.110. The molecule has 6 heteroatoms. The van der Waals surface area contributed by atoms with Gasteiger partial charge in [0.25, 0.3) is 0 Å². The number of phenols is 1.